The number of aromatic amines is 1. The van der Waals surface area contributed by atoms with E-state index in [-0.39, 0.29) is 5.91 Å². The lowest BCUT2D eigenvalue weighted by atomic mass is 10.1. The first-order chi connectivity index (χ1) is 11.0. The lowest BCUT2D eigenvalue weighted by Crippen LogP contribution is -2.12. The van der Waals surface area contributed by atoms with Crippen LogP contribution in [-0.2, 0) is 0 Å². The van der Waals surface area contributed by atoms with Gasteiger partial charge in [-0.2, -0.15) is 5.10 Å². The monoisotopic (exact) mass is 325 g/mol. The number of anilines is 1. The molecule has 0 saturated carbocycles. The van der Waals surface area contributed by atoms with Gasteiger partial charge in [-0.25, -0.2) is 0 Å². The van der Waals surface area contributed by atoms with Crippen LogP contribution in [0.5, 0.6) is 0 Å². The van der Waals surface area contributed by atoms with E-state index in [0.717, 1.165) is 16.8 Å². The number of nitrogens with one attached hydrogen (secondary N) is 2. The van der Waals surface area contributed by atoms with Crippen LogP contribution in [0.4, 0.5) is 5.69 Å². The normalized spacial score (nSPS) is 10.6. The van der Waals surface area contributed by atoms with Crippen molar-refractivity contribution in [2.24, 2.45) is 0 Å². The number of carbonyl (C=O) groups is 1. The molecule has 0 unspecified atom stereocenters. The van der Waals surface area contributed by atoms with Crippen molar-refractivity contribution in [3.8, 4) is 11.3 Å². The van der Waals surface area contributed by atoms with Crippen LogP contribution < -0.4 is 5.32 Å². The second kappa shape index (κ2) is 6.26. The van der Waals surface area contributed by atoms with Crippen LogP contribution in [-0.4, -0.2) is 16.1 Å². The number of halogens is 1. The zero-order valence-corrected chi connectivity index (χ0v) is 13.6. The second-order valence-electron chi connectivity index (χ2n) is 5.43. The van der Waals surface area contributed by atoms with Crippen LogP contribution in [0.25, 0.3) is 11.3 Å². The number of rotatable bonds is 3. The lowest BCUT2D eigenvalue weighted by molar-refractivity contribution is 0.102. The molecule has 4 nitrogen and oxygen atoms in total. The van der Waals surface area contributed by atoms with Crippen molar-refractivity contribution in [2.45, 2.75) is 13.8 Å². The van der Waals surface area contributed by atoms with Crippen molar-refractivity contribution >= 4 is 23.2 Å². The van der Waals surface area contributed by atoms with Crippen molar-refractivity contribution in [3.63, 3.8) is 0 Å². The maximum Gasteiger partial charge on any atom is 0.273 e. The van der Waals surface area contributed by atoms with Gasteiger partial charge in [0.15, 0.2) is 0 Å². The highest BCUT2D eigenvalue weighted by atomic mass is 35.5. The van der Waals surface area contributed by atoms with Crippen LogP contribution in [0.1, 0.15) is 21.6 Å². The lowest BCUT2D eigenvalue weighted by Gasteiger charge is -2.06. The average molecular weight is 326 g/mol. The molecule has 3 aromatic rings. The number of nitrogens with zero attached hydrogens (tertiary/aromatic N) is 1. The standard InChI is InChI=1S/C18H16ClN3O/c1-11-3-8-15(9-12(11)2)20-18(23)17-10-16(21-22-17)13-4-6-14(19)7-5-13/h3-10H,1-2H3,(H,20,23)(H,21,22). The Morgan fingerprint density at radius 3 is 2.48 bits per heavy atom. The van der Waals surface area contributed by atoms with Gasteiger partial charge < -0.3 is 5.32 Å². The van der Waals surface area contributed by atoms with E-state index in [4.69, 9.17) is 11.6 Å². The van der Waals surface area contributed by atoms with E-state index in [1.807, 2.05) is 44.2 Å². The highest BCUT2D eigenvalue weighted by Crippen LogP contribution is 2.21. The van der Waals surface area contributed by atoms with Gasteiger partial charge in [0, 0.05) is 16.3 Å². The Hall–Kier alpha value is -2.59. The topological polar surface area (TPSA) is 57.8 Å². The van der Waals surface area contributed by atoms with Crippen LogP contribution in [0.2, 0.25) is 5.02 Å². The molecule has 0 aliphatic heterocycles. The Bertz CT molecular complexity index is 853. The molecule has 0 aliphatic rings. The Kier molecular flexibility index (Phi) is 4.17. The molecule has 5 heteroatoms. The van der Waals surface area contributed by atoms with Gasteiger partial charge in [0.25, 0.3) is 5.91 Å². The maximum atomic E-state index is 12.3. The molecular formula is C18H16ClN3O. The molecular weight excluding hydrogens is 310 g/mol. The molecule has 1 amide bonds. The summed E-state index contributed by atoms with van der Waals surface area (Å²) in [4.78, 5) is 12.3. The minimum atomic E-state index is -0.221. The Balaban J connectivity index is 1.78. The molecule has 0 bridgehead atoms. The van der Waals surface area contributed by atoms with Crippen molar-refractivity contribution in [1.82, 2.24) is 10.2 Å². The molecule has 1 aromatic heterocycles. The second-order valence-corrected chi connectivity index (χ2v) is 5.86. The summed E-state index contributed by atoms with van der Waals surface area (Å²) in [6.45, 7) is 4.05. The Morgan fingerprint density at radius 1 is 1.04 bits per heavy atom. The molecule has 0 saturated heterocycles. The molecule has 0 radical (unpaired) electrons. The summed E-state index contributed by atoms with van der Waals surface area (Å²) in [6, 6.07) is 14.9. The number of aromatic nitrogens is 2. The fraction of sp³-hybridized carbons (Fsp3) is 0.111. The van der Waals surface area contributed by atoms with Gasteiger partial charge in [-0.15, -0.1) is 0 Å². The van der Waals surface area contributed by atoms with Gasteiger partial charge in [0.05, 0.1) is 5.69 Å². The molecule has 116 valence electrons. The quantitative estimate of drug-likeness (QED) is 0.739. The van der Waals surface area contributed by atoms with Crippen molar-refractivity contribution in [2.75, 3.05) is 5.32 Å². The highest BCUT2D eigenvalue weighted by Gasteiger charge is 2.11. The van der Waals surface area contributed by atoms with Crippen LogP contribution in [0.15, 0.2) is 48.5 Å². The van der Waals surface area contributed by atoms with Gasteiger partial charge in [0.2, 0.25) is 0 Å². The average Bonchev–Trinajstić information content (AvgIpc) is 3.02. The zero-order valence-electron chi connectivity index (χ0n) is 12.9. The van der Waals surface area contributed by atoms with E-state index >= 15 is 0 Å². The number of benzene rings is 2. The molecule has 0 fully saturated rings. The van der Waals surface area contributed by atoms with Crippen LogP contribution in [0, 0.1) is 13.8 Å². The van der Waals surface area contributed by atoms with Gasteiger partial charge in [-0.3, -0.25) is 9.89 Å². The summed E-state index contributed by atoms with van der Waals surface area (Å²) in [7, 11) is 0. The van der Waals surface area contributed by atoms with E-state index in [2.05, 4.69) is 15.5 Å². The number of carbonyl (C=O) groups excluding carboxylic acids is 1. The summed E-state index contributed by atoms with van der Waals surface area (Å²) in [5.74, 6) is -0.221. The van der Waals surface area contributed by atoms with E-state index in [1.54, 1.807) is 18.2 Å². The van der Waals surface area contributed by atoms with E-state index < -0.39 is 0 Å². The van der Waals surface area contributed by atoms with Gasteiger partial charge in [-0.05, 0) is 55.3 Å². The van der Waals surface area contributed by atoms with Crippen LogP contribution >= 0.6 is 11.6 Å². The maximum absolute atomic E-state index is 12.3. The molecule has 2 aromatic carbocycles. The summed E-state index contributed by atoms with van der Waals surface area (Å²) in [5.41, 5.74) is 5.10. The third-order valence-corrected chi connectivity index (χ3v) is 3.98. The Labute approximate surface area is 139 Å². The fourth-order valence-corrected chi connectivity index (χ4v) is 2.35. The van der Waals surface area contributed by atoms with Gasteiger partial charge >= 0.3 is 0 Å². The summed E-state index contributed by atoms with van der Waals surface area (Å²) >= 11 is 5.88. The molecule has 2 N–H and O–H groups in total. The minimum absolute atomic E-state index is 0.221. The zero-order chi connectivity index (χ0) is 16.4. The summed E-state index contributed by atoms with van der Waals surface area (Å²) in [5, 5.41) is 10.5. The number of hydrogen-bond acceptors (Lipinski definition) is 2. The predicted octanol–water partition coefficient (Wildman–Crippen LogP) is 4.60. The highest BCUT2D eigenvalue weighted by molar-refractivity contribution is 6.30. The molecule has 0 spiro atoms. The van der Waals surface area contributed by atoms with E-state index in [9.17, 15) is 4.79 Å². The minimum Gasteiger partial charge on any atom is -0.321 e. The molecule has 0 aliphatic carbocycles. The third kappa shape index (κ3) is 3.43. The van der Waals surface area contributed by atoms with Crippen molar-refractivity contribution in [3.05, 3.63) is 70.4 Å². The van der Waals surface area contributed by atoms with Gasteiger partial charge in [0.1, 0.15) is 5.69 Å². The SMILES string of the molecule is Cc1ccc(NC(=O)c2cc(-c3ccc(Cl)cc3)n[nH]2)cc1C. The third-order valence-electron chi connectivity index (χ3n) is 3.73. The van der Waals surface area contributed by atoms with Crippen molar-refractivity contribution in [1.29, 1.82) is 0 Å². The summed E-state index contributed by atoms with van der Waals surface area (Å²) < 4.78 is 0. The molecule has 0 atom stereocenters. The number of amides is 1. The van der Waals surface area contributed by atoms with Crippen molar-refractivity contribution < 1.29 is 4.79 Å². The van der Waals surface area contributed by atoms with Gasteiger partial charge in [-0.1, -0.05) is 29.8 Å². The number of hydrogen-bond donors (Lipinski definition) is 2. The molecule has 23 heavy (non-hydrogen) atoms. The molecule has 3 rings (SSSR count). The van der Waals surface area contributed by atoms with Crippen LogP contribution in [0.3, 0.4) is 0 Å². The first-order valence-corrected chi connectivity index (χ1v) is 7.61. The first kappa shape index (κ1) is 15.3. The number of aryl methyl sites for hydroxylation is 2. The van der Waals surface area contributed by atoms with E-state index in [0.29, 0.717) is 16.4 Å². The first-order valence-electron chi connectivity index (χ1n) is 7.23. The fourth-order valence-electron chi connectivity index (χ4n) is 2.22. The molecule has 1 heterocycles. The largest absolute Gasteiger partial charge is 0.321 e. The predicted molar refractivity (Wildman–Crippen MR) is 92.9 cm³/mol. The van der Waals surface area contributed by atoms with E-state index in [1.165, 1.54) is 5.56 Å². The summed E-state index contributed by atoms with van der Waals surface area (Å²) in [6.07, 6.45) is 0. The Morgan fingerprint density at radius 2 is 1.78 bits per heavy atom. The number of H-pyrrole nitrogens is 1. The smallest absolute Gasteiger partial charge is 0.273 e.